The average molecular weight is 232 g/mol. The molecule has 1 fully saturated rings. The molecule has 0 saturated heterocycles. The molecule has 0 atom stereocenters. The van der Waals surface area contributed by atoms with Gasteiger partial charge >= 0.3 is 0 Å². The summed E-state index contributed by atoms with van der Waals surface area (Å²) in [5.74, 6) is 1.74. The Hall–Kier alpha value is -0.350. The van der Waals surface area contributed by atoms with Crippen LogP contribution in [0.4, 0.5) is 5.82 Å². The van der Waals surface area contributed by atoms with Crippen molar-refractivity contribution in [2.45, 2.75) is 26.2 Å². The molecular formula is C9H14ClN3S. The fourth-order valence-corrected chi connectivity index (χ4v) is 2.31. The van der Waals surface area contributed by atoms with E-state index in [2.05, 4.69) is 20.6 Å². The van der Waals surface area contributed by atoms with Crippen molar-refractivity contribution in [1.82, 2.24) is 8.75 Å². The standard InChI is InChI=1S/C9H14ClN3S/c1-2-5-13(6-7-3-4-7)9-8(10)11-14-12-9/h7H,2-6H2,1H3. The van der Waals surface area contributed by atoms with Crippen molar-refractivity contribution in [2.75, 3.05) is 18.0 Å². The normalized spacial score (nSPS) is 15.9. The summed E-state index contributed by atoms with van der Waals surface area (Å²) in [6, 6.07) is 0. The highest BCUT2D eigenvalue weighted by Gasteiger charge is 2.26. The minimum Gasteiger partial charge on any atom is -0.353 e. The van der Waals surface area contributed by atoms with Gasteiger partial charge in [-0.2, -0.15) is 8.75 Å². The lowest BCUT2D eigenvalue weighted by Crippen LogP contribution is -2.27. The van der Waals surface area contributed by atoms with Crippen LogP contribution >= 0.6 is 23.3 Å². The molecule has 0 amide bonds. The molecule has 1 heterocycles. The van der Waals surface area contributed by atoms with Crippen LogP contribution in [0, 0.1) is 5.92 Å². The average Bonchev–Trinajstić information content (AvgIpc) is 2.87. The number of halogens is 1. The first-order valence-corrected chi connectivity index (χ1v) is 6.15. The number of nitrogens with zero attached hydrogens (tertiary/aromatic N) is 3. The van der Waals surface area contributed by atoms with E-state index in [0.717, 1.165) is 31.2 Å². The molecule has 3 nitrogen and oxygen atoms in total. The highest BCUT2D eigenvalue weighted by Crippen LogP contribution is 2.32. The second-order valence-electron chi connectivity index (χ2n) is 3.77. The monoisotopic (exact) mass is 231 g/mol. The Balaban J connectivity index is 2.04. The summed E-state index contributed by atoms with van der Waals surface area (Å²) in [4.78, 5) is 2.27. The molecule has 78 valence electrons. The molecule has 1 aromatic heterocycles. The third-order valence-corrected chi connectivity index (χ3v) is 3.27. The summed E-state index contributed by atoms with van der Waals surface area (Å²) < 4.78 is 8.24. The third-order valence-electron chi connectivity index (χ3n) is 2.40. The van der Waals surface area contributed by atoms with Crippen molar-refractivity contribution < 1.29 is 0 Å². The molecule has 1 aromatic rings. The van der Waals surface area contributed by atoms with E-state index < -0.39 is 0 Å². The van der Waals surface area contributed by atoms with Gasteiger partial charge in [-0.25, -0.2) is 0 Å². The van der Waals surface area contributed by atoms with Gasteiger partial charge in [0.2, 0.25) is 0 Å². The van der Waals surface area contributed by atoms with Crippen LogP contribution in [0.25, 0.3) is 0 Å². The van der Waals surface area contributed by atoms with Crippen molar-refractivity contribution in [3.63, 3.8) is 0 Å². The molecule has 14 heavy (non-hydrogen) atoms. The molecule has 0 N–H and O–H groups in total. The largest absolute Gasteiger partial charge is 0.353 e. The summed E-state index contributed by atoms with van der Waals surface area (Å²) in [5, 5.41) is 0.559. The fourth-order valence-electron chi connectivity index (χ4n) is 1.53. The van der Waals surface area contributed by atoms with Crippen LogP contribution in [0.2, 0.25) is 5.15 Å². The molecule has 0 spiro atoms. The smallest absolute Gasteiger partial charge is 0.187 e. The SMILES string of the molecule is CCCN(CC1CC1)c1nsnc1Cl. The van der Waals surface area contributed by atoms with Crippen molar-refractivity contribution in [2.24, 2.45) is 5.92 Å². The molecule has 0 unspecified atom stereocenters. The van der Waals surface area contributed by atoms with Crippen LogP contribution in [-0.4, -0.2) is 21.8 Å². The third kappa shape index (κ3) is 2.36. The highest BCUT2D eigenvalue weighted by molar-refractivity contribution is 6.99. The lowest BCUT2D eigenvalue weighted by Gasteiger charge is -2.21. The summed E-state index contributed by atoms with van der Waals surface area (Å²) in [7, 11) is 0. The summed E-state index contributed by atoms with van der Waals surface area (Å²) >= 11 is 7.16. The zero-order chi connectivity index (χ0) is 9.97. The lowest BCUT2D eigenvalue weighted by atomic mass is 10.3. The zero-order valence-corrected chi connectivity index (χ0v) is 9.81. The Bertz CT molecular complexity index is 298. The first-order valence-electron chi connectivity index (χ1n) is 5.04. The number of anilines is 1. The number of aromatic nitrogens is 2. The summed E-state index contributed by atoms with van der Waals surface area (Å²) in [6.07, 6.45) is 3.84. The van der Waals surface area contributed by atoms with Gasteiger partial charge in [0, 0.05) is 13.1 Å². The minimum absolute atomic E-state index is 0.559. The van der Waals surface area contributed by atoms with Crippen molar-refractivity contribution in [1.29, 1.82) is 0 Å². The minimum atomic E-state index is 0.559. The van der Waals surface area contributed by atoms with Crippen LogP contribution in [-0.2, 0) is 0 Å². The van der Waals surface area contributed by atoms with Gasteiger partial charge in [-0.1, -0.05) is 18.5 Å². The number of rotatable bonds is 5. The van der Waals surface area contributed by atoms with Gasteiger partial charge in [0.15, 0.2) is 11.0 Å². The predicted octanol–water partition coefficient (Wildman–Crippen LogP) is 2.82. The van der Waals surface area contributed by atoms with E-state index in [1.807, 2.05) is 0 Å². The molecule has 0 aliphatic heterocycles. The van der Waals surface area contributed by atoms with Gasteiger partial charge in [0.25, 0.3) is 0 Å². The van der Waals surface area contributed by atoms with Gasteiger partial charge in [-0.3, -0.25) is 0 Å². The van der Waals surface area contributed by atoms with E-state index in [1.54, 1.807) is 0 Å². The van der Waals surface area contributed by atoms with E-state index in [4.69, 9.17) is 11.6 Å². The van der Waals surface area contributed by atoms with E-state index in [9.17, 15) is 0 Å². The summed E-state index contributed by atoms with van der Waals surface area (Å²) in [5.41, 5.74) is 0. The van der Waals surface area contributed by atoms with Crippen molar-refractivity contribution in [3.8, 4) is 0 Å². The highest BCUT2D eigenvalue weighted by atomic mass is 35.5. The van der Waals surface area contributed by atoms with Gasteiger partial charge in [-0.15, -0.1) is 0 Å². The Morgan fingerprint density at radius 3 is 2.79 bits per heavy atom. The number of hydrogen-bond donors (Lipinski definition) is 0. The van der Waals surface area contributed by atoms with Gasteiger partial charge in [0.05, 0.1) is 11.7 Å². The van der Waals surface area contributed by atoms with E-state index in [0.29, 0.717) is 5.15 Å². The molecule has 0 bridgehead atoms. The maximum atomic E-state index is 5.97. The van der Waals surface area contributed by atoms with Crippen LogP contribution in [0.15, 0.2) is 0 Å². The van der Waals surface area contributed by atoms with Crippen molar-refractivity contribution in [3.05, 3.63) is 5.15 Å². The van der Waals surface area contributed by atoms with Crippen LogP contribution < -0.4 is 4.90 Å². The summed E-state index contributed by atoms with van der Waals surface area (Å²) in [6.45, 7) is 4.30. The molecule has 0 radical (unpaired) electrons. The Kier molecular flexibility index (Phi) is 3.23. The van der Waals surface area contributed by atoms with E-state index >= 15 is 0 Å². The molecule has 1 aliphatic carbocycles. The van der Waals surface area contributed by atoms with Crippen LogP contribution in [0.5, 0.6) is 0 Å². The van der Waals surface area contributed by atoms with Gasteiger partial charge in [-0.05, 0) is 25.2 Å². The van der Waals surface area contributed by atoms with Gasteiger partial charge < -0.3 is 4.90 Å². The molecule has 0 aromatic carbocycles. The quantitative estimate of drug-likeness (QED) is 0.781. The van der Waals surface area contributed by atoms with E-state index in [-0.39, 0.29) is 0 Å². The number of hydrogen-bond acceptors (Lipinski definition) is 4. The first kappa shape index (κ1) is 10.2. The Labute approximate surface area is 93.4 Å². The maximum absolute atomic E-state index is 5.97. The molecule has 1 saturated carbocycles. The van der Waals surface area contributed by atoms with Gasteiger partial charge in [0.1, 0.15) is 0 Å². The second-order valence-corrected chi connectivity index (χ2v) is 4.65. The van der Waals surface area contributed by atoms with Crippen molar-refractivity contribution >= 4 is 29.1 Å². The molecular weight excluding hydrogens is 218 g/mol. The van der Waals surface area contributed by atoms with Crippen LogP contribution in [0.3, 0.4) is 0 Å². The lowest BCUT2D eigenvalue weighted by molar-refractivity contribution is 0.702. The van der Waals surface area contributed by atoms with E-state index in [1.165, 1.54) is 24.6 Å². The molecule has 2 rings (SSSR count). The Morgan fingerprint density at radius 1 is 1.50 bits per heavy atom. The fraction of sp³-hybridized carbons (Fsp3) is 0.778. The Morgan fingerprint density at radius 2 is 2.29 bits per heavy atom. The molecule has 1 aliphatic rings. The topological polar surface area (TPSA) is 29.0 Å². The van der Waals surface area contributed by atoms with Crippen LogP contribution in [0.1, 0.15) is 26.2 Å². The predicted molar refractivity (Wildman–Crippen MR) is 60.1 cm³/mol. The zero-order valence-electron chi connectivity index (χ0n) is 8.24. The first-order chi connectivity index (χ1) is 6.81. The maximum Gasteiger partial charge on any atom is 0.187 e. The molecule has 5 heteroatoms. The second kappa shape index (κ2) is 4.45.